The maximum atomic E-state index is 13.0. The molecule has 26 heavy (non-hydrogen) atoms. The number of amides is 2. The topological polar surface area (TPSA) is 49.4 Å². The van der Waals surface area contributed by atoms with Crippen molar-refractivity contribution < 1.29 is 14.0 Å². The van der Waals surface area contributed by atoms with Crippen LogP contribution in [0.3, 0.4) is 0 Å². The molecule has 134 valence electrons. The van der Waals surface area contributed by atoms with E-state index in [1.165, 1.54) is 12.1 Å². The van der Waals surface area contributed by atoms with Crippen molar-refractivity contribution in [1.29, 1.82) is 0 Å². The predicted molar refractivity (Wildman–Crippen MR) is 97.6 cm³/mol. The summed E-state index contributed by atoms with van der Waals surface area (Å²) in [7, 11) is 1.73. The lowest BCUT2D eigenvalue weighted by atomic mass is 10.1. The fourth-order valence-electron chi connectivity index (χ4n) is 3.36. The first-order chi connectivity index (χ1) is 12.5. The van der Waals surface area contributed by atoms with Crippen molar-refractivity contribution in [3.05, 3.63) is 65.5 Å². The van der Waals surface area contributed by atoms with E-state index in [1.54, 1.807) is 42.3 Å². The van der Waals surface area contributed by atoms with E-state index in [-0.39, 0.29) is 35.5 Å². The number of nitrogens with zero attached hydrogens (tertiary/aromatic N) is 1. The van der Waals surface area contributed by atoms with Crippen molar-refractivity contribution in [2.45, 2.75) is 31.2 Å². The number of anilines is 1. The van der Waals surface area contributed by atoms with Crippen LogP contribution in [0.2, 0.25) is 0 Å². The lowest BCUT2D eigenvalue weighted by Crippen LogP contribution is -2.32. The van der Waals surface area contributed by atoms with Gasteiger partial charge in [0.1, 0.15) is 5.82 Å². The molecule has 2 aliphatic rings. The Morgan fingerprint density at radius 2 is 1.77 bits per heavy atom. The fraction of sp³-hybridized carbons (Fsp3) is 0.333. The number of benzene rings is 2. The van der Waals surface area contributed by atoms with E-state index < -0.39 is 0 Å². The standard InChI is InChI=1S/C21H21FN2O2/c1-24(21(26)14-6-7-14)19-5-3-2-4-16(19)20(25)23-18-12-17(18)13-8-10-15(22)11-9-13/h2-5,8-11,14,17-18H,6-7,12H2,1H3,(H,23,25)/t17-,18+/m0/s1. The number of carbonyl (C=O) groups excluding carboxylic acids is 2. The minimum absolute atomic E-state index is 0.0467. The van der Waals surface area contributed by atoms with Gasteiger partial charge in [-0.25, -0.2) is 4.39 Å². The summed E-state index contributed by atoms with van der Waals surface area (Å²) in [5.41, 5.74) is 2.18. The van der Waals surface area contributed by atoms with Crippen molar-refractivity contribution in [1.82, 2.24) is 5.32 Å². The molecule has 0 heterocycles. The molecule has 2 saturated carbocycles. The zero-order valence-electron chi connectivity index (χ0n) is 14.6. The molecule has 2 aliphatic carbocycles. The first kappa shape index (κ1) is 16.8. The molecular weight excluding hydrogens is 331 g/mol. The number of nitrogens with one attached hydrogen (secondary N) is 1. The number of hydrogen-bond donors (Lipinski definition) is 1. The summed E-state index contributed by atoms with van der Waals surface area (Å²) in [5.74, 6) is -0.0428. The first-order valence-electron chi connectivity index (χ1n) is 8.97. The Morgan fingerprint density at radius 3 is 2.46 bits per heavy atom. The number of para-hydroxylation sites is 1. The Morgan fingerprint density at radius 1 is 1.08 bits per heavy atom. The van der Waals surface area contributed by atoms with E-state index in [0.717, 1.165) is 24.8 Å². The average molecular weight is 352 g/mol. The zero-order valence-corrected chi connectivity index (χ0v) is 14.6. The van der Waals surface area contributed by atoms with Crippen molar-refractivity contribution in [3.63, 3.8) is 0 Å². The molecule has 4 rings (SSSR count). The van der Waals surface area contributed by atoms with E-state index in [2.05, 4.69) is 5.32 Å². The number of carbonyl (C=O) groups is 2. The van der Waals surface area contributed by atoms with Gasteiger partial charge in [0.05, 0.1) is 11.3 Å². The molecule has 0 aromatic heterocycles. The minimum atomic E-state index is -0.257. The molecule has 5 heteroatoms. The van der Waals surface area contributed by atoms with Crippen LogP contribution in [0.1, 0.15) is 41.1 Å². The normalized spacial score (nSPS) is 21.2. The lowest BCUT2D eigenvalue weighted by molar-refractivity contribution is -0.119. The molecule has 4 nitrogen and oxygen atoms in total. The van der Waals surface area contributed by atoms with Gasteiger partial charge in [-0.05, 0) is 49.1 Å². The van der Waals surface area contributed by atoms with Crippen LogP contribution in [0.15, 0.2) is 48.5 Å². The number of rotatable bonds is 5. The predicted octanol–water partition coefficient (Wildman–Crippen LogP) is 3.48. The van der Waals surface area contributed by atoms with Crippen LogP contribution in [-0.2, 0) is 4.79 Å². The molecule has 0 spiro atoms. The van der Waals surface area contributed by atoms with Gasteiger partial charge >= 0.3 is 0 Å². The van der Waals surface area contributed by atoms with E-state index in [4.69, 9.17) is 0 Å². The molecule has 0 unspecified atom stereocenters. The molecular formula is C21H21FN2O2. The molecule has 2 amide bonds. The largest absolute Gasteiger partial charge is 0.349 e. The van der Waals surface area contributed by atoms with Crippen LogP contribution in [0.5, 0.6) is 0 Å². The van der Waals surface area contributed by atoms with E-state index in [1.807, 2.05) is 6.07 Å². The Hall–Kier alpha value is -2.69. The highest BCUT2D eigenvalue weighted by Crippen LogP contribution is 2.41. The molecule has 0 bridgehead atoms. The minimum Gasteiger partial charge on any atom is -0.349 e. The third-order valence-electron chi connectivity index (χ3n) is 5.17. The molecule has 0 radical (unpaired) electrons. The quantitative estimate of drug-likeness (QED) is 0.896. The molecule has 2 aromatic carbocycles. The van der Waals surface area contributed by atoms with Crippen LogP contribution in [0.4, 0.5) is 10.1 Å². The van der Waals surface area contributed by atoms with Gasteiger partial charge in [0.2, 0.25) is 5.91 Å². The first-order valence-corrected chi connectivity index (χ1v) is 8.97. The maximum Gasteiger partial charge on any atom is 0.253 e. The van der Waals surface area contributed by atoms with Crippen molar-refractivity contribution in [2.24, 2.45) is 5.92 Å². The fourth-order valence-corrected chi connectivity index (χ4v) is 3.36. The Labute approximate surface area is 152 Å². The molecule has 1 N–H and O–H groups in total. The second-order valence-corrected chi connectivity index (χ2v) is 7.16. The summed E-state index contributed by atoms with van der Waals surface area (Å²) in [6.45, 7) is 0. The van der Waals surface area contributed by atoms with Crippen LogP contribution in [-0.4, -0.2) is 24.9 Å². The van der Waals surface area contributed by atoms with Crippen molar-refractivity contribution in [2.75, 3.05) is 11.9 Å². The monoisotopic (exact) mass is 352 g/mol. The Kier molecular flexibility index (Phi) is 4.23. The van der Waals surface area contributed by atoms with Gasteiger partial charge in [-0.3, -0.25) is 9.59 Å². The van der Waals surface area contributed by atoms with E-state index in [9.17, 15) is 14.0 Å². The van der Waals surface area contributed by atoms with E-state index in [0.29, 0.717) is 11.3 Å². The van der Waals surface area contributed by atoms with Gasteiger partial charge in [0.25, 0.3) is 5.91 Å². The second-order valence-electron chi connectivity index (χ2n) is 7.16. The molecule has 0 saturated heterocycles. The summed E-state index contributed by atoms with van der Waals surface area (Å²) in [6.07, 6.45) is 2.70. The van der Waals surface area contributed by atoms with Crippen LogP contribution < -0.4 is 10.2 Å². The smallest absolute Gasteiger partial charge is 0.253 e. The van der Waals surface area contributed by atoms with Crippen LogP contribution in [0, 0.1) is 11.7 Å². The SMILES string of the molecule is CN(C(=O)C1CC1)c1ccccc1C(=O)N[C@@H]1C[C@H]1c1ccc(F)cc1. The van der Waals surface area contributed by atoms with Crippen LogP contribution >= 0.6 is 0 Å². The van der Waals surface area contributed by atoms with Gasteiger partial charge in [-0.2, -0.15) is 0 Å². The van der Waals surface area contributed by atoms with E-state index >= 15 is 0 Å². The summed E-state index contributed by atoms with van der Waals surface area (Å²) in [4.78, 5) is 26.7. The average Bonchev–Trinajstić information content (AvgIpc) is 3.56. The zero-order chi connectivity index (χ0) is 18.3. The second kappa shape index (κ2) is 6.56. The summed E-state index contributed by atoms with van der Waals surface area (Å²) in [6, 6.07) is 13.7. The van der Waals surface area contributed by atoms with Crippen LogP contribution in [0.25, 0.3) is 0 Å². The van der Waals surface area contributed by atoms with Gasteiger partial charge in [0.15, 0.2) is 0 Å². The third kappa shape index (κ3) is 3.34. The van der Waals surface area contributed by atoms with Gasteiger partial charge in [-0.1, -0.05) is 24.3 Å². The maximum absolute atomic E-state index is 13.0. The summed E-state index contributed by atoms with van der Waals surface area (Å²) in [5, 5.41) is 3.04. The van der Waals surface area contributed by atoms with Gasteiger partial charge in [0, 0.05) is 24.9 Å². The molecule has 2 aromatic rings. The highest BCUT2D eigenvalue weighted by atomic mass is 19.1. The summed E-state index contributed by atoms with van der Waals surface area (Å²) < 4.78 is 13.0. The Bertz CT molecular complexity index is 845. The lowest BCUT2D eigenvalue weighted by Gasteiger charge is -2.20. The van der Waals surface area contributed by atoms with Gasteiger partial charge in [-0.15, -0.1) is 0 Å². The molecule has 2 fully saturated rings. The third-order valence-corrected chi connectivity index (χ3v) is 5.17. The number of hydrogen-bond acceptors (Lipinski definition) is 2. The number of halogens is 1. The van der Waals surface area contributed by atoms with Crippen molar-refractivity contribution >= 4 is 17.5 Å². The molecule has 2 atom stereocenters. The Balaban J connectivity index is 1.46. The highest BCUT2D eigenvalue weighted by molar-refractivity contribution is 6.05. The van der Waals surface area contributed by atoms with Crippen molar-refractivity contribution in [3.8, 4) is 0 Å². The highest BCUT2D eigenvalue weighted by Gasteiger charge is 2.40. The van der Waals surface area contributed by atoms with Gasteiger partial charge < -0.3 is 10.2 Å². The molecule has 0 aliphatic heterocycles. The summed E-state index contributed by atoms with van der Waals surface area (Å²) >= 11 is 0.